The molecule has 0 amide bonds. The lowest BCUT2D eigenvalue weighted by atomic mass is 9.94. The molecule has 0 unspecified atom stereocenters. The number of nitrogens with zero attached hydrogens (tertiary/aromatic N) is 1. The van der Waals surface area contributed by atoms with E-state index in [0.717, 1.165) is 49.9 Å². The number of aromatic nitrogens is 1. The quantitative estimate of drug-likeness (QED) is 0.177. The molecule has 11 rings (SSSR count). The summed E-state index contributed by atoms with van der Waals surface area (Å²) in [6.45, 7) is 0. The van der Waals surface area contributed by atoms with Crippen LogP contribution in [0.4, 0.5) is 0 Å². The lowest BCUT2D eigenvalue weighted by molar-refractivity contribution is 0.671. The molecule has 2 heteroatoms. The van der Waals surface area contributed by atoms with E-state index in [2.05, 4.69) is 180 Å². The first-order chi connectivity index (χ1) is 24.8. The second-order valence-electron chi connectivity index (χ2n) is 13.2. The highest BCUT2D eigenvalue weighted by Gasteiger charge is 2.19. The van der Waals surface area contributed by atoms with Crippen molar-refractivity contribution in [3.05, 3.63) is 176 Å². The molecule has 0 aliphatic rings. The van der Waals surface area contributed by atoms with Crippen LogP contribution in [0.3, 0.4) is 0 Å². The van der Waals surface area contributed by atoms with Crippen LogP contribution in [0.25, 0.3) is 104 Å². The van der Waals surface area contributed by atoms with Gasteiger partial charge in [0, 0.05) is 38.4 Å². The fourth-order valence-corrected chi connectivity index (χ4v) is 8.34. The average Bonchev–Trinajstić information content (AvgIpc) is 3.74. The molecule has 9 aromatic carbocycles. The Morgan fingerprint density at radius 2 is 0.800 bits per heavy atom. The van der Waals surface area contributed by atoms with Gasteiger partial charge in [-0.1, -0.05) is 152 Å². The molecular formula is C48H29NO. The fourth-order valence-electron chi connectivity index (χ4n) is 8.34. The second-order valence-corrected chi connectivity index (χ2v) is 13.2. The van der Waals surface area contributed by atoms with Crippen LogP contribution in [-0.4, -0.2) is 4.57 Å². The van der Waals surface area contributed by atoms with Gasteiger partial charge in [-0.15, -0.1) is 0 Å². The molecule has 2 nitrogen and oxygen atoms in total. The van der Waals surface area contributed by atoms with Gasteiger partial charge in [-0.05, 0) is 67.7 Å². The van der Waals surface area contributed by atoms with E-state index < -0.39 is 0 Å². The minimum absolute atomic E-state index is 0.914. The van der Waals surface area contributed by atoms with E-state index in [9.17, 15) is 0 Å². The van der Waals surface area contributed by atoms with E-state index in [1.54, 1.807) is 0 Å². The number of benzene rings is 9. The first kappa shape index (κ1) is 27.3. The van der Waals surface area contributed by atoms with Crippen molar-refractivity contribution in [2.24, 2.45) is 0 Å². The Kier molecular flexibility index (Phi) is 5.70. The summed E-state index contributed by atoms with van der Waals surface area (Å²) in [6.07, 6.45) is 0. The maximum absolute atomic E-state index is 6.83. The molecule has 0 saturated carbocycles. The number of hydrogen-bond donors (Lipinski definition) is 0. The maximum Gasteiger partial charge on any atom is 0.143 e. The Hall–Kier alpha value is -6.64. The fraction of sp³-hybridized carbons (Fsp3) is 0. The number of furan rings is 1. The SMILES string of the molecule is c1ccc(-c2cccc3c2oc2c(-c4ccc5c6ccccc6n(-c6ccc7c8ccccc8c8ccccc8c7c6)c5c4)cccc23)cc1. The smallest absolute Gasteiger partial charge is 0.143 e. The number of rotatable bonds is 3. The molecule has 0 spiro atoms. The summed E-state index contributed by atoms with van der Waals surface area (Å²) < 4.78 is 9.26. The first-order valence-corrected chi connectivity index (χ1v) is 17.2. The highest BCUT2D eigenvalue weighted by Crippen LogP contribution is 2.42. The third-order valence-corrected chi connectivity index (χ3v) is 10.6. The standard InChI is InChI=1S/C48H29NO/c1-2-12-30(13-3-1)33-19-10-21-42-43-22-11-20-34(48(43)50-47(33)42)31-24-26-41-40-18-8-9-23-45(40)49(46(41)28-31)32-25-27-39-37-16-5-4-14-35(37)36-15-6-7-17-38(36)44(39)29-32/h1-29H. The van der Waals surface area contributed by atoms with Crippen molar-refractivity contribution in [1.29, 1.82) is 0 Å². The molecule has 0 aliphatic carbocycles. The zero-order chi connectivity index (χ0) is 32.8. The molecule has 2 aromatic heterocycles. The van der Waals surface area contributed by atoms with Crippen LogP contribution in [0.2, 0.25) is 0 Å². The normalized spacial score (nSPS) is 12.0. The van der Waals surface area contributed by atoms with E-state index in [4.69, 9.17) is 4.42 Å². The van der Waals surface area contributed by atoms with Crippen LogP contribution in [-0.2, 0) is 0 Å². The Morgan fingerprint density at radius 1 is 0.300 bits per heavy atom. The van der Waals surface area contributed by atoms with Crippen LogP contribution in [0.15, 0.2) is 180 Å². The Morgan fingerprint density at radius 3 is 1.48 bits per heavy atom. The molecule has 0 fully saturated rings. The van der Waals surface area contributed by atoms with Crippen molar-refractivity contribution in [2.75, 3.05) is 0 Å². The Bertz CT molecular complexity index is 3110. The van der Waals surface area contributed by atoms with Gasteiger partial charge < -0.3 is 8.98 Å². The number of fused-ring (bicyclic) bond motifs is 12. The lowest BCUT2D eigenvalue weighted by Gasteiger charge is -2.14. The Labute approximate surface area is 288 Å². The van der Waals surface area contributed by atoms with Gasteiger partial charge in [0.15, 0.2) is 0 Å². The van der Waals surface area contributed by atoms with Gasteiger partial charge in [-0.25, -0.2) is 0 Å². The van der Waals surface area contributed by atoms with E-state index in [0.29, 0.717) is 0 Å². The summed E-state index contributed by atoms with van der Waals surface area (Å²) >= 11 is 0. The van der Waals surface area contributed by atoms with Crippen LogP contribution in [0.1, 0.15) is 0 Å². The lowest BCUT2D eigenvalue weighted by Crippen LogP contribution is -1.95. The van der Waals surface area contributed by atoms with Crippen LogP contribution >= 0.6 is 0 Å². The summed E-state index contributed by atoms with van der Waals surface area (Å²) in [7, 11) is 0. The summed E-state index contributed by atoms with van der Waals surface area (Å²) in [5, 5.41) is 12.4. The molecule has 0 radical (unpaired) electrons. The molecule has 50 heavy (non-hydrogen) atoms. The van der Waals surface area contributed by atoms with E-state index in [-0.39, 0.29) is 0 Å². The summed E-state index contributed by atoms with van der Waals surface area (Å²) in [6, 6.07) is 63.7. The largest absolute Gasteiger partial charge is 0.455 e. The van der Waals surface area contributed by atoms with Crippen molar-refractivity contribution in [3.63, 3.8) is 0 Å². The van der Waals surface area contributed by atoms with Crippen molar-refractivity contribution >= 4 is 76.1 Å². The van der Waals surface area contributed by atoms with E-state index >= 15 is 0 Å². The average molecular weight is 636 g/mol. The predicted octanol–water partition coefficient (Wildman–Crippen LogP) is 13.5. The first-order valence-electron chi connectivity index (χ1n) is 17.2. The minimum atomic E-state index is 0.914. The molecular weight excluding hydrogens is 607 g/mol. The van der Waals surface area contributed by atoms with Crippen molar-refractivity contribution in [3.8, 4) is 27.9 Å². The number of para-hydroxylation sites is 3. The van der Waals surface area contributed by atoms with Gasteiger partial charge in [0.05, 0.1) is 11.0 Å². The van der Waals surface area contributed by atoms with Gasteiger partial charge in [0.1, 0.15) is 11.2 Å². The highest BCUT2D eigenvalue weighted by molar-refractivity contribution is 6.25. The number of hydrogen-bond acceptors (Lipinski definition) is 1. The van der Waals surface area contributed by atoms with Gasteiger partial charge >= 0.3 is 0 Å². The van der Waals surface area contributed by atoms with Crippen LogP contribution < -0.4 is 0 Å². The van der Waals surface area contributed by atoms with Gasteiger partial charge in [-0.2, -0.15) is 0 Å². The zero-order valence-corrected chi connectivity index (χ0v) is 27.1. The molecule has 232 valence electrons. The highest BCUT2D eigenvalue weighted by atomic mass is 16.3. The van der Waals surface area contributed by atoms with Gasteiger partial charge in [0.2, 0.25) is 0 Å². The molecule has 0 atom stereocenters. The predicted molar refractivity (Wildman–Crippen MR) is 211 cm³/mol. The molecule has 11 aromatic rings. The van der Waals surface area contributed by atoms with Crippen molar-refractivity contribution < 1.29 is 4.42 Å². The van der Waals surface area contributed by atoms with Crippen LogP contribution in [0.5, 0.6) is 0 Å². The third kappa shape index (κ3) is 3.85. The summed E-state index contributed by atoms with van der Waals surface area (Å²) in [4.78, 5) is 0. The monoisotopic (exact) mass is 635 g/mol. The minimum Gasteiger partial charge on any atom is -0.455 e. The topological polar surface area (TPSA) is 18.1 Å². The molecule has 0 N–H and O–H groups in total. The van der Waals surface area contributed by atoms with E-state index in [1.165, 1.54) is 54.1 Å². The Balaban J connectivity index is 1.17. The van der Waals surface area contributed by atoms with Crippen LogP contribution in [0, 0.1) is 0 Å². The third-order valence-electron chi connectivity index (χ3n) is 10.6. The molecule has 0 aliphatic heterocycles. The van der Waals surface area contributed by atoms with E-state index in [1.807, 2.05) is 0 Å². The van der Waals surface area contributed by atoms with Gasteiger partial charge in [0.25, 0.3) is 0 Å². The second kappa shape index (κ2) is 10.4. The van der Waals surface area contributed by atoms with Crippen molar-refractivity contribution in [1.82, 2.24) is 4.57 Å². The molecule has 0 saturated heterocycles. The maximum atomic E-state index is 6.83. The summed E-state index contributed by atoms with van der Waals surface area (Å²) in [5.74, 6) is 0. The molecule has 0 bridgehead atoms. The molecule has 2 heterocycles. The zero-order valence-electron chi connectivity index (χ0n) is 27.1. The van der Waals surface area contributed by atoms with Crippen molar-refractivity contribution in [2.45, 2.75) is 0 Å². The van der Waals surface area contributed by atoms with Gasteiger partial charge in [-0.3, -0.25) is 0 Å². The summed E-state index contributed by atoms with van der Waals surface area (Å²) in [5.41, 5.74) is 9.83.